The molecule has 3 amide bonds. The van der Waals surface area contributed by atoms with Crippen LogP contribution < -0.4 is 21.5 Å². The molecule has 3 rings (SSSR count). The maximum absolute atomic E-state index is 12.4. The van der Waals surface area contributed by atoms with Gasteiger partial charge < -0.3 is 5.73 Å². The number of hydrogen-bond donors (Lipinski definition) is 3. The third kappa shape index (κ3) is 2.97. The Balaban J connectivity index is 1.67. The second-order valence-electron chi connectivity index (χ2n) is 5.35. The summed E-state index contributed by atoms with van der Waals surface area (Å²) < 4.78 is 0. The molecule has 2 aromatic carbocycles. The van der Waals surface area contributed by atoms with Gasteiger partial charge in [-0.15, -0.1) is 0 Å². The second kappa shape index (κ2) is 6.51. The van der Waals surface area contributed by atoms with Crippen LogP contribution in [0, 0.1) is 0 Å². The number of carbonyl (C=O) groups excluding carboxylic acids is 3. The highest BCUT2D eigenvalue weighted by atomic mass is 16.2. The molecule has 0 spiro atoms. The Hall–Kier alpha value is -3.19. The first-order valence-electron chi connectivity index (χ1n) is 7.40. The fourth-order valence-electron chi connectivity index (χ4n) is 2.52. The average Bonchev–Trinajstić information content (AvgIpc) is 2.87. The maximum atomic E-state index is 12.4. The van der Waals surface area contributed by atoms with Crippen molar-refractivity contribution in [2.24, 2.45) is 0 Å². The Bertz CT molecular complexity index is 791. The molecule has 122 valence electrons. The molecule has 1 aliphatic heterocycles. The highest BCUT2D eigenvalue weighted by Crippen LogP contribution is 2.22. The number of benzene rings is 2. The van der Waals surface area contributed by atoms with Crippen molar-refractivity contribution >= 4 is 29.1 Å². The van der Waals surface area contributed by atoms with Gasteiger partial charge in [-0.05, 0) is 24.3 Å². The van der Waals surface area contributed by atoms with Gasteiger partial charge in [0.25, 0.3) is 11.8 Å². The Labute approximate surface area is 138 Å². The largest absolute Gasteiger partial charge is 0.398 e. The highest BCUT2D eigenvalue weighted by molar-refractivity contribution is 6.22. The van der Waals surface area contributed by atoms with Gasteiger partial charge in [-0.1, -0.05) is 30.3 Å². The van der Waals surface area contributed by atoms with Crippen LogP contribution in [0.2, 0.25) is 0 Å². The molecule has 7 nitrogen and oxygen atoms in total. The smallest absolute Gasteiger partial charge is 0.267 e. The zero-order valence-electron chi connectivity index (χ0n) is 12.7. The van der Waals surface area contributed by atoms with E-state index >= 15 is 0 Å². The zero-order chi connectivity index (χ0) is 17.1. The number of nitrogen functional groups attached to an aromatic ring is 1. The van der Waals surface area contributed by atoms with Crippen LogP contribution in [0.5, 0.6) is 0 Å². The van der Waals surface area contributed by atoms with E-state index < -0.39 is 17.9 Å². The van der Waals surface area contributed by atoms with E-state index in [9.17, 15) is 14.4 Å². The molecular formula is C17H16N4O3. The van der Waals surface area contributed by atoms with Crippen LogP contribution in [0.3, 0.4) is 0 Å². The van der Waals surface area contributed by atoms with Gasteiger partial charge in [-0.25, -0.2) is 10.3 Å². The molecular weight excluding hydrogens is 308 g/mol. The summed E-state index contributed by atoms with van der Waals surface area (Å²) in [6, 6.07) is 14.4. The Morgan fingerprint density at radius 2 is 1.71 bits per heavy atom. The number of imide groups is 1. The summed E-state index contributed by atoms with van der Waals surface area (Å²) in [6.07, 6.45) is -0.0295. The molecule has 0 radical (unpaired) electrons. The van der Waals surface area contributed by atoms with Crippen molar-refractivity contribution in [1.82, 2.24) is 10.9 Å². The molecule has 1 fully saturated rings. The molecule has 0 aliphatic carbocycles. The van der Waals surface area contributed by atoms with Gasteiger partial charge in [0, 0.05) is 5.69 Å². The van der Waals surface area contributed by atoms with Crippen molar-refractivity contribution in [2.45, 2.75) is 12.5 Å². The SMILES string of the molecule is Nc1ccccc1C(=O)NN[C@H]1CC(=O)N(c2ccccc2)C1=O. The molecule has 0 unspecified atom stereocenters. The van der Waals surface area contributed by atoms with E-state index in [1.54, 1.807) is 54.6 Å². The monoisotopic (exact) mass is 324 g/mol. The minimum Gasteiger partial charge on any atom is -0.398 e. The predicted molar refractivity (Wildman–Crippen MR) is 88.8 cm³/mol. The van der Waals surface area contributed by atoms with Crippen LogP contribution in [0.1, 0.15) is 16.8 Å². The molecule has 0 aromatic heterocycles. The lowest BCUT2D eigenvalue weighted by Crippen LogP contribution is -2.48. The van der Waals surface area contributed by atoms with Gasteiger partial charge in [0.05, 0.1) is 17.7 Å². The summed E-state index contributed by atoms with van der Waals surface area (Å²) in [5.41, 5.74) is 11.9. The minimum atomic E-state index is -0.813. The summed E-state index contributed by atoms with van der Waals surface area (Å²) >= 11 is 0. The molecule has 0 bridgehead atoms. The normalized spacial score (nSPS) is 17.2. The average molecular weight is 324 g/mol. The first-order chi connectivity index (χ1) is 11.6. The molecule has 1 heterocycles. The van der Waals surface area contributed by atoms with Crippen molar-refractivity contribution < 1.29 is 14.4 Å². The quantitative estimate of drug-likeness (QED) is 0.439. The van der Waals surface area contributed by atoms with Gasteiger partial charge in [0.2, 0.25) is 5.91 Å². The lowest BCUT2D eigenvalue weighted by molar-refractivity contribution is -0.121. The molecule has 7 heteroatoms. The van der Waals surface area contributed by atoms with Gasteiger partial charge in [-0.2, -0.15) is 0 Å². The number of nitrogens with one attached hydrogen (secondary N) is 2. The minimum absolute atomic E-state index is 0.0295. The van der Waals surface area contributed by atoms with Gasteiger partial charge in [0.1, 0.15) is 6.04 Å². The number of hydrazine groups is 1. The number of amides is 3. The molecule has 24 heavy (non-hydrogen) atoms. The summed E-state index contributed by atoms with van der Waals surface area (Å²) in [4.78, 5) is 37.7. The van der Waals surface area contributed by atoms with E-state index in [0.29, 0.717) is 16.9 Å². The van der Waals surface area contributed by atoms with Gasteiger partial charge >= 0.3 is 0 Å². The summed E-state index contributed by atoms with van der Waals surface area (Å²) in [5, 5.41) is 0. The molecule has 1 atom stereocenters. The van der Waals surface area contributed by atoms with Gasteiger partial charge in [0.15, 0.2) is 0 Å². The Morgan fingerprint density at radius 3 is 2.42 bits per heavy atom. The first kappa shape index (κ1) is 15.7. The highest BCUT2D eigenvalue weighted by Gasteiger charge is 2.39. The summed E-state index contributed by atoms with van der Waals surface area (Å²) in [7, 11) is 0. The number of hydrogen-bond acceptors (Lipinski definition) is 5. The van der Waals surface area contributed by atoms with Crippen LogP contribution in [0.15, 0.2) is 54.6 Å². The number of carbonyl (C=O) groups is 3. The molecule has 2 aromatic rings. The van der Waals surface area contributed by atoms with E-state index in [2.05, 4.69) is 10.9 Å². The second-order valence-corrected chi connectivity index (χ2v) is 5.35. The fraction of sp³-hybridized carbons (Fsp3) is 0.118. The van der Waals surface area contributed by atoms with E-state index in [1.165, 1.54) is 0 Å². The number of para-hydroxylation sites is 2. The third-order valence-corrected chi connectivity index (χ3v) is 3.73. The summed E-state index contributed by atoms with van der Waals surface area (Å²) in [6.45, 7) is 0. The topological polar surface area (TPSA) is 105 Å². The summed E-state index contributed by atoms with van der Waals surface area (Å²) in [5.74, 6) is -1.20. The fourth-order valence-corrected chi connectivity index (χ4v) is 2.52. The number of nitrogens with two attached hydrogens (primary N) is 1. The number of rotatable bonds is 4. The molecule has 4 N–H and O–H groups in total. The zero-order valence-corrected chi connectivity index (χ0v) is 12.7. The Kier molecular flexibility index (Phi) is 4.26. The lowest BCUT2D eigenvalue weighted by Gasteiger charge is -2.16. The molecule has 0 saturated carbocycles. The van der Waals surface area contributed by atoms with E-state index in [1.807, 2.05) is 0 Å². The van der Waals surface area contributed by atoms with Crippen LogP contribution in [-0.2, 0) is 9.59 Å². The third-order valence-electron chi connectivity index (χ3n) is 3.73. The van der Waals surface area contributed by atoms with Crippen LogP contribution in [0.25, 0.3) is 0 Å². The van der Waals surface area contributed by atoms with Crippen molar-refractivity contribution in [1.29, 1.82) is 0 Å². The van der Waals surface area contributed by atoms with E-state index in [4.69, 9.17) is 5.73 Å². The van der Waals surface area contributed by atoms with Crippen molar-refractivity contribution in [2.75, 3.05) is 10.6 Å². The molecule has 1 saturated heterocycles. The van der Waals surface area contributed by atoms with Crippen molar-refractivity contribution in [3.8, 4) is 0 Å². The van der Waals surface area contributed by atoms with Crippen LogP contribution in [-0.4, -0.2) is 23.8 Å². The predicted octanol–water partition coefficient (Wildman–Crippen LogP) is 0.835. The Morgan fingerprint density at radius 1 is 1.04 bits per heavy atom. The number of anilines is 2. The standard InChI is InChI=1S/C17H16N4O3/c18-13-9-5-4-8-12(13)16(23)20-19-14-10-15(22)21(17(14)24)11-6-2-1-3-7-11/h1-9,14,19H,10,18H2,(H,20,23)/t14-/m0/s1. The lowest BCUT2D eigenvalue weighted by atomic mass is 10.2. The van der Waals surface area contributed by atoms with Crippen molar-refractivity contribution in [3.63, 3.8) is 0 Å². The van der Waals surface area contributed by atoms with Crippen LogP contribution >= 0.6 is 0 Å². The van der Waals surface area contributed by atoms with Crippen molar-refractivity contribution in [3.05, 3.63) is 60.2 Å². The first-order valence-corrected chi connectivity index (χ1v) is 7.40. The molecule has 1 aliphatic rings. The van der Waals surface area contributed by atoms with E-state index in [0.717, 1.165) is 4.90 Å². The van der Waals surface area contributed by atoms with Crippen LogP contribution in [0.4, 0.5) is 11.4 Å². The van der Waals surface area contributed by atoms with Gasteiger partial charge in [-0.3, -0.25) is 19.8 Å². The maximum Gasteiger partial charge on any atom is 0.267 e. The number of nitrogens with zero attached hydrogens (tertiary/aromatic N) is 1. The van der Waals surface area contributed by atoms with E-state index in [-0.39, 0.29) is 12.3 Å².